The summed E-state index contributed by atoms with van der Waals surface area (Å²) >= 11 is 10.9. The zero-order valence-electron chi connectivity index (χ0n) is 16.2. The average molecular weight is 478 g/mol. The highest BCUT2D eigenvalue weighted by atomic mass is 35.5. The van der Waals surface area contributed by atoms with E-state index in [0.717, 1.165) is 17.4 Å². The van der Waals surface area contributed by atoms with Gasteiger partial charge in [0.2, 0.25) is 10.0 Å². The Hall–Kier alpha value is -1.78. The van der Waals surface area contributed by atoms with Crippen molar-refractivity contribution in [1.82, 2.24) is 15.0 Å². The first-order chi connectivity index (χ1) is 14.0. The highest BCUT2D eigenvalue weighted by Crippen LogP contribution is 2.24. The number of nitrogens with zero attached hydrogens (tertiary/aromatic N) is 1. The number of halogens is 3. The molecule has 0 spiro atoms. The van der Waals surface area contributed by atoms with Gasteiger partial charge in [-0.25, -0.2) is 17.5 Å². The van der Waals surface area contributed by atoms with Crippen molar-refractivity contribution in [3.63, 3.8) is 0 Å². The topological polar surface area (TPSA) is 108 Å². The predicted octanol–water partition coefficient (Wildman–Crippen LogP) is 2.65. The minimum atomic E-state index is -3.35. The van der Waals surface area contributed by atoms with E-state index in [1.165, 1.54) is 0 Å². The number of nitrogens with one attached hydrogen (secondary N) is 2. The van der Waals surface area contributed by atoms with E-state index in [0.29, 0.717) is 11.3 Å². The molecule has 11 heteroatoms. The number of hydrogen-bond donors (Lipinski definition) is 3. The summed E-state index contributed by atoms with van der Waals surface area (Å²) in [6.07, 6.45) is 1.40. The van der Waals surface area contributed by atoms with Gasteiger partial charge in [-0.3, -0.25) is 9.78 Å². The van der Waals surface area contributed by atoms with Crippen LogP contribution < -0.4 is 10.0 Å². The lowest BCUT2D eigenvalue weighted by Crippen LogP contribution is -2.43. The molecule has 0 bridgehead atoms. The summed E-state index contributed by atoms with van der Waals surface area (Å²) in [5.74, 6) is -0.789. The van der Waals surface area contributed by atoms with E-state index >= 15 is 0 Å². The second-order valence-corrected chi connectivity index (χ2v) is 9.60. The maximum atomic E-state index is 13.3. The number of alkyl halides is 3. The van der Waals surface area contributed by atoms with Crippen LogP contribution in [0.5, 0.6) is 0 Å². The lowest BCUT2D eigenvalue weighted by Gasteiger charge is -2.22. The number of rotatable bonds is 9. The van der Waals surface area contributed by atoms with Gasteiger partial charge in [0.1, 0.15) is 12.8 Å². The van der Waals surface area contributed by atoms with E-state index in [9.17, 15) is 22.7 Å². The molecule has 0 saturated carbocycles. The summed E-state index contributed by atoms with van der Waals surface area (Å²) in [5.41, 5.74) is 2.53. The molecular weight excluding hydrogens is 456 g/mol. The van der Waals surface area contributed by atoms with Crippen molar-refractivity contribution >= 4 is 39.1 Å². The summed E-state index contributed by atoms with van der Waals surface area (Å²) in [4.78, 5) is 14.5. The van der Waals surface area contributed by atoms with Gasteiger partial charge >= 0.3 is 0 Å². The van der Waals surface area contributed by atoms with Gasteiger partial charge in [-0.2, -0.15) is 0 Å². The number of carbonyl (C=O) groups is 1. The molecule has 164 valence electrons. The van der Waals surface area contributed by atoms with Gasteiger partial charge in [-0.05, 0) is 24.1 Å². The number of aromatic nitrogens is 1. The monoisotopic (exact) mass is 477 g/mol. The molecule has 1 heterocycles. The van der Waals surface area contributed by atoms with Crippen LogP contribution in [0.3, 0.4) is 0 Å². The minimum Gasteiger partial charge on any atom is -0.386 e. The van der Waals surface area contributed by atoms with Crippen LogP contribution in [-0.4, -0.2) is 48.2 Å². The Bertz CT molecular complexity index is 957. The first-order valence-electron chi connectivity index (χ1n) is 8.88. The third-order valence-corrected chi connectivity index (χ3v) is 5.46. The van der Waals surface area contributed by atoms with Gasteiger partial charge < -0.3 is 10.4 Å². The fourth-order valence-electron chi connectivity index (χ4n) is 2.77. The van der Waals surface area contributed by atoms with Gasteiger partial charge in [0.25, 0.3) is 5.91 Å². The van der Waals surface area contributed by atoms with E-state index in [2.05, 4.69) is 15.0 Å². The summed E-state index contributed by atoms with van der Waals surface area (Å²) in [6.45, 7) is 0.691. The van der Waals surface area contributed by atoms with Crippen LogP contribution in [0, 0.1) is 0 Å². The molecule has 1 unspecified atom stereocenters. The molecule has 1 amide bonds. The molecule has 1 aromatic heterocycles. The van der Waals surface area contributed by atoms with Crippen LogP contribution in [0.25, 0.3) is 11.1 Å². The molecule has 1 aromatic carbocycles. The van der Waals surface area contributed by atoms with Crippen molar-refractivity contribution in [2.45, 2.75) is 29.9 Å². The van der Waals surface area contributed by atoms with E-state index < -0.39 is 45.6 Å². The Morgan fingerprint density at radius 3 is 2.23 bits per heavy atom. The van der Waals surface area contributed by atoms with Gasteiger partial charge in [0, 0.05) is 11.8 Å². The number of aliphatic hydroxyl groups excluding tert-OH is 1. The summed E-state index contributed by atoms with van der Waals surface area (Å²) < 4.78 is 38.4. The smallest absolute Gasteiger partial charge is 0.253 e. The first kappa shape index (κ1) is 24.5. The quantitative estimate of drug-likeness (QED) is 0.481. The Kier molecular flexibility index (Phi) is 8.57. The fourth-order valence-corrected chi connectivity index (χ4v) is 3.66. The third-order valence-electron chi connectivity index (χ3n) is 4.28. The second kappa shape index (κ2) is 10.5. The molecule has 30 heavy (non-hydrogen) atoms. The maximum absolute atomic E-state index is 13.3. The lowest BCUT2D eigenvalue weighted by molar-refractivity contribution is -0.121. The van der Waals surface area contributed by atoms with Crippen molar-refractivity contribution in [3.05, 3.63) is 53.9 Å². The van der Waals surface area contributed by atoms with Crippen molar-refractivity contribution in [3.8, 4) is 11.1 Å². The number of aliphatic hydroxyl groups is 1. The molecule has 7 nitrogen and oxygen atoms in total. The number of amides is 1. The molecule has 3 N–H and O–H groups in total. The van der Waals surface area contributed by atoms with Crippen LogP contribution in [-0.2, 0) is 14.8 Å². The molecule has 0 fully saturated rings. The molecule has 2 rings (SSSR count). The van der Waals surface area contributed by atoms with Gasteiger partial charge in [0.05, 0.1) is 24.0 Å². The van der Waals surface area contributed by atoms with Crippen LogP contribution in [0.4, 0.5) is 4.39 Å². The standard InChI is InChI=1S/C19H22Cl2FN3O4S/c1-11(25-30(2,28)29)15-8-7-14(10-23-15)12-3-5-13(6-4-12)17(26)16(9-22)24-19(27)18(20)21/h3-8,10-11,16-18,25-26H,9H2,1-2H3,(H,24,27)/t11?,16-,17-/m1/s1. The third kappa shape index (κ3) is 6.88. The van der Waals surface area contributed by atoms with Crippen molar-refractivity contribution < 1.29 is 22.7 Å². The number of pyridine rings is 1. The molecule has 0 aliphatic heterocycles. The van der Waals surface area contributed by atoms with Crippen LogP contribution >= 0.6 is 23.2 Å². The molecule has 0 radical (unpaired) electrons. The number of hydrogen-bond acceptors (Lipinski definition) is 5. The van der Waals surface area contributed by atoms with Crippen molar-refractivity contribution in [2.75, 3.05) is 12.9 Å². The van der Waals surface area contributed by atoms with Crippen LogP contribution in [0.1, 0.15) is 30.3 Å². The van der Waals surface area contributed by atoms with E-state index in [4.69, 9.17) is 23.2 Å². The molecule has 0 aliphatic carbocycles. The summed E-state index contributed by atoms with van der Waals surface area (Å²) in [6, 6.07) is 8.50. The highest BCUT2D eigenvalue weighted by molar-refractivity contribution is 7.88. The van der Waals surface area contributed by atoms with Gasteiger partial charge in [-0.15, -0.1) is 0 Å². The molecule has 2 aromatic rings. The molecular formula is C19H22Cl2FN3O4S. The van der Waals surface area contributed by atoms with E-state index in [1.54, 1.807) is 49.5 Å². The number of benzene rings is 1. The SMILES string of the molecule is CC(NS(C)(=O)=O)c1ccc(-c2ccc([C@@H](O)[C@@H](CF)NC(=O)C(Cl)Cl)cc2)cn1. The van der Waals surface area contributed by atoms with Crippen molar-refractivity contribution in [2.24, 2.45) is 0 Å². The van der Waals surface area contributed by atoms with Crippen LogP contribution in [0.2, 0.25) is 0 Å². The van der Waals surface area contributed by atoms with Crippen LogP contribution in [0.15, 0.2) is 42.6 Å². The summed E-state index contributed by atoms with van der Waals surface area (Å²) in [7, 11) is -3.35. The van der Waals surface area contributed by atoms with Crippen molar-refractivity contribution in [1.29, 1.82) is 0 Å². The number of sulfonamides is 1. The molecule has 3 atom stereocenters. The Morgan fingerprint density at radius 2 is 1.77 bits per heavy atom. The Morgan fingerprint density at radius 1 is 1.17 bits per heavy atom. The Balaban J connectivity index is 2.12. The molecule has 0 saturated heterocycles. The molecule has 0 aliphatic rings. The normalized spacial score (nSPS) is 14.9. The summed E-state index contributed by atoms with van der Waals surface area (Å²) in [5, 5.41) is 12.6. The zero-order valence-corrected chi connectivity index (χ0v) is 18.5. The minimum absolute atomic E-state index is 0.401. The largest absolute Gasteiger partial charge is 0.386 e. The van der Waals surface area contributed by atoms with Gasteiger partial charge in [-0.1, -0.05) is 53.5 Å². The zero-order chi connectivity index (χ0) is 22.5. The Labute approximate surface area is 184 Å². The number of carbonyl (C=O) groups excluding carboxylic acids is 1. The van der Waals surface area contributed by atoms with E-state index in [1.807, 2.05) is 0 Å². The fraction of sp³-hybridized carbons (Fsp3) is 0.368. The van der Waals surface area contributed by atoms with E-state index in [-0.39, 0.29) is 0 Å². The first-order valence-corrected chi connectivity index (χ1v) is 11.6. The highest BCUT2D eigenvalue weighted by Gasteiger charge is 2.25. The lowest BCUT2D eigenvalue weighted by atomic mass is 9.99. The van der Waals surface area contributed by atoms with Gasteiger partial charge in [0.15, 0.2) is 4.84 Å². The maximum Gasteiger partial charge on any atom is 0.253 e. The predicted molar refractivity (Wildman–Crippen MR) is 114 cm³/mol. The average Bonchev–Trinajstić information content (AvgIpc) is 2.70. The second-order valence-electron chi connectivity index (χ2n) is 6.72.